The van der Waals surface area contributed by atoms with Gasteiger partial charge < -0.3 is 10.1 Å². The van der Waals surface area contributed by atoms with E-state index in [0.29, 0.717) is 27.5 Å². The summed E-state index contributed by atoms with van der Waals surface area (Å²) in [6.45, 7) is 4.10. The molecular formula is C27H27N3O3S. The van der Waals surface area contributed by atoms with Crippen molar-refractivity contribution in [3.63, 3.8) is 0 Å². The molecule has 0 radical (unpaired) electrons. The van der Waals surface area contributed by atoms with Gasteiger partial charge in [0.2, 0.25) is 5.91 Å². The first-order valence-corrected chi connectivity index (χ1v) is 12.3. The van der Waals surface area contributed by atoms with Gasteiger partial charge in [0, 0.05) is 6.04 Å². The molecule has 1 aromatic heterocycles. The molecule has 0 spiro atoms. The Morgan fingerprint density at radius 1 is 0.941 bits per heavy atom. The molecule has 0 aliphatic rings. The van der Waals surface area contributed by atoms with Crippen LogP contribution in [-0.2, 0) is 4.79 Å². The van der Waals surface area contributed by atoms with E-state index in [1.807, 2.05) is 72.8 Å². The van der Waals surface area contributed by atoms with Gasteiger partial charge in [0.05, 0.1) is 22.3 Å². The number of rotatable bonds is 9. The number of benzene rings is 3. The minimum Gasteiger partial charge on any atom is -0.457 e. The van der Waals surface area contributed by atoms with Crippen molar-refractivity contribution in [2.24, 2.45) is 0 Å². The van der Waals surface area contributed by atoms with Crippen LogP contribution < -0.4 is 15.6 Å². The number of carbonyl (C=O) groups is 1. The molecule has 1 N–H and O–H groups in total. The first-order valence-electron chi connectivity index (χ1n) is 11.4. The van der Waals surface area contributed by atoms with Crippen LogP contribution in [0.1, 0.15) is 26.7 Å². The maximum Gasteiger partial charge on any atom is 0.266 e. The number of hydrogen-bond donors (Lipinski definition) is 1. The van der Waals surface area contributed by atoms with Gasteiger partial charge in [-0.15, -0.1) is 0 Å². The van der Waals surface area contributed by atoms with Crippen LogP contribution in [0.2, 0.25) is 0 Å². The van der Waals surface area contributed by atoms with Crippen LogP contribution in [0.5, 0.6) is 11.5 Å². The monoisotopic (exact) mass is 473 g/mol. The van der Waals surface area contributed by atoms with E-state index in [-0.39, 0.29) is 23.3 Å². The third-order valence-electron chi connectivity index (χ3n) is 5.50. The third kappa shape index (κ3) is 5.48. The van der Waals surface area contributed by atoms with Crippen LogP contribution in [0.3, 0.4) is 0 Å². The number of fused-ring (bicyclic) bond motifs is 1. The van der Waals surface area contributed by atoms with Crippen LogP contribution >= 0.6 is 11.8 Å². The molecule has 0 aliphatic heterocycles. The summed E-state index contributed by atoms with van der Waals surface area (Å²) < 4.78 is 7.44. The van der Waals surface area contributed by atoms with Gasteiger partial charge in [-0.25, -0.2) is 4.98 Å². The maximum absolute atomic E-state index is 13.4. The predicted molar refractivity (Wildman–Crippen MR) is 137 cm³/mol. The lowest BCUT2D eigenvalue weighted by molar-refractivity contribution is -0.119. The first-order chi connectivity index (χ1) is 16.6. The van der Waals surface area contributed by atoms with E-state index < -0.39 is 0 Å². The fourth-order valence-electron chi connectivity index (χ4n) is 3.62. The second kappa shape index (κ2) is 11.0. The highest BCUT2D eigenvalue weighted by Gasteiger charge is 2.16. The largest absolute Gasteiger partial charge is 0.457 e. The molecule has 6 nitrogen and oxygen atoms in total. The average Bonchev–Trinajstić information content (AvgIpc) is 2.87. The molecule has 0 fully saturated rings. The van der Waals surface area contributed by atoms with E-state index in [0.717, 1.165) is 18.6 Å². The normalized spacial score (nSPS) is 11.0. The number of nitrogens with one attached hydrogen (secondary N) is 1. The van der Waals surface area contributed by atoms with Crippen LogP contribution in [-0.4, -0.2) is 27.3 Å². The lowest BCUT2D eigenvalue weighted by atomic mass is 10.2. The Morgan fingerprint density at radius 2 is 1.59 bits per heavy atom. The van der Waals surface area contributed by atoms with E-state index in [9.17, 15) is 9.59 Å². The summed E-state index contributed by atoms with van der Waals surface area (Å²) in [5.41, 5.74) is 1.09. The summed E-state index contributed by atoms with van der Waals surface area (Å²) in [6.07, 6.45) is 1.76. The molecular weight excluding hydrogens is 446 g/mol. The number of nitrogens with zero attached hydrogens (tertiary/aromatic N) is 2. The van der Waals surface area contributed by atoms with Gasteiger partial charge >= 0.3 is 0 Å². The van der Waals surface area contributed by atoms with Crippen molar-refractivity contribution in [1.29, 1.82) is 0 Å². The molecule has 0 atom stereocenters. The van der Waals surface area contributed by atoms with E-state index >= 15 is 0 Å². The summed E-state index contributed by atoms with van der Waals surface area (Å²) in [5, 5.41) is 4.03. The smallest absolute Gasteiger partial charge is 0.266 e. The van der Waals surface area contributed by atoms with Crippen LogP contribution in [0, 0.1) is 0 Å². The topological polar surface area (TPSA) is 73.2 Å². The van der Waals surface area contributed by atoms with Crippen LogP contribution in [0.25, 0.3) is 16.6 Å². The van der Waals surface area contributed by atoms with Gasteiger partial charge in [-0.2, -0.15) is 0 Å². The molecule has 0 aliphatic carbocycles. The Bertz CT molecular complexity index is 1320. The third-order valence-corrected chi connectivity index (χ3v) is 6.44. The number of hydrogen-bond acceptors (Lipinski definition) is 5. The van der Waals surface area contributed by atoms with Crippen molar-refractivity contribution in [1.82, 2.24) is 14.9 Å². The van der Waals surface area contributed by atoms with Gasteiger partial charge in [-0.1, -0.05) is 55.9 Å². The second-order valence-corrected chi connectivity index (χ2v) is 8.77. The van der Waals surface area contributed by atoms with E-state index in [1.54, 1.807) is 10.6 Å². The summed E-state index contributed by atoms with van der Waals surface area (Å²) in [6, 6.07) is 24.2. The fourth-order valence-corrected chi connectivity index (χ4v) is 4.44. The number of carbonyl (C=O) groups excluding carboxylic acids is 1. The van der Waals surface area contributed by atoms with Gasteiger partial charge in [-0.3, -0.25) is 14.2 Å². The Labute approximate surface area is 203 Å². The highest BCUT2D eigenvalue weighted by atomic mass is 32.2. The lowest BCUT2D eigenvalue weighted by Crippen LogP contribution is -2.35. The zero-order valence-corrected chi connectivity index (χ0v) is 20.0. The van der Waals surface area contributed by atoms with Gasteiger partial charge in [0.1, 0.15) is 11.5 Å². The molecule has 0 bridgehead atoms. The number of aromatic nitrogens is 2. The minimum atomic E-state index is -0.176. The fraction of sp³-hybridized carbons (Fsp3) is 0.222. The van der Waals surface area contributed by atoms with Crippen molar-refractivity contribution in [2.45, 2.75) is 37.9 Å². The Balaban J connectivity index is 1.64. The Hall–Kier alpha value is -3.58. The highest BCUT2D eigenvalue weighted by Crippen LogP contribution is 2.25. The molecule has 4 rings (SSSR count). The maximum atomic E-state index is 13.4. The summed E-state index contributed by atoms with van der Waals surface area (Å²) in [7, 11) is 0. The van der Waals surface area contributed by atoms with Crippen molar-refractivity contribution in [3.05, 3.63) is 89.2 Å². The average molecular weight is 474 g/mol. The van der Waals surface area contributed by atoms with E-state index in [2.05, 4.69) is 19.2 Å². The number of amides is 1. The van der Waals surface area contributed by atoms with Crippen molar-refractivity contribution >= 4 is 28.6 Å². The molecule has 3 aromatic carbocycles. The molecule has 1 amide bonds. The molecule has 0 unspecified atom stereocenters. The zero-order valence-electron chi connectivity index (χ0n) is 19.2. The number of para-hydroxylation sites is 2. The lowest BCUT2D eigenvalue weighted by Gasteiger charge is -2.16. The molecule has 0 saturated heterocycles. The van der Waals surface area contributed by atoms with E-state index in [1.165, 1.54) is 11.8 Å². The van der Waals surface area contributed by atoms with Crippen molar-refractivity contribution in [3.8, 4) is 17.2 Å². The standard InChI is InChI=1S/C27H27N3O3S/c1-3-19(4-2)28-25(31)18-34-27-29-24-13-9-8-12-23(24)26(32)30(27)20-14-16-22(17-15-20)33-21-10-6-5-7-11-21/h5-17,19H,3-4,18H2,1-2H3,(H,28,31). The summed E-state index contributed by atoms with van der Waals surface area (Å²) in [4.78, 5) is 30.6. The Morgan fingerprint density at radius 3 is 2.29 bits per heavy atom. The van der Waals surface area contributed by atoms with E-state index in [4.69, 9.17) is 9.72 Å². The second-order valence-electron chi connectivity index (χ2n) is 7.83. The predicted octanol–water partition coefficient (Wildman–Crippen LogP) is 5.57. The molecule has 7 heteroatoms. The molecule has 1 heterocycles. The zero-order chi connectivity index (χ0) is 23.9. The molecule has 4 aromatic rings. The van der Waals surface area contributed by atoms with Crippen molar-refractivity contribution in [2.75, 3.05) is 5.75 Å². The molecule has 34 heavy (non-hydrogen) atoms. The number of thioether (sulfide) groups is 1. The minimum absolute atomic E-state index is 0.0701. The first kappa shape index (κ1) is 23.6. The SMILES string of the molecule is CCC(CC)NC(=O)CSc1nc2ccccc2c(=O)n1-c1ccc(Oc2ccccc2)cc1. The van der Waals surface area contributed by atoms with Gasteiger partial charge in [0.25, 0.3) is 5.56 Å². The van der Waals surface area contributed by atoms with Crippen LogP contribution in [0.4, 0.5) is 0 Å². The number of ether oxygens (including phenoxy) is 1. The highest BCUT2D eigenvalue weighted by molar-refractivity contribution is 7.99. The van der Waals surface area contributed by atoms with Gasteiger partial charge in [0.15, 0.2) is 5.16 Å². The molecule has 174 valence electrons. The molecule has 0 saturated carbocycles. The van der Waals surface area contributed by atoms with Crippen LogP contribution in [0.15, 0.2) is 88.8 Å². The Kier molecular flexibility index (Phi) is 7.65. The van der Waals surface area contributed by atoms with Crippen molar-refractivity contribution < 1.29 is 9.53 Å². The van der Waals surface area contributed by atoms with Gasteiger partial charge in [-0.05, 0) is 61.4 Å². The quantitative estimate of drug-likeness (QED) is 0.254. The summed E-state index contributed by atoms with van der Waals surface area (Å²) in [5.74, 6) is 1.51. The summed E-state index contributed by atoms with van der Waals surface area (Å²) >= 11 is 1.26.